The zero-order valence-corrected chi connectivity index (χ0v) is 18.7. The molecule has 1 unspecified atom stereocenters. The Morgan fingerprint density at radius 1 is 0.800 bits per heavy atom. The zero-order valence-electron chi connectivity index (χ0n) is 18.7. The van der Waals surface area contributed by atoms with Gasteiger partial charge in [-0.15, -0.1) is 0 Å². The molecule has 0 spiro atoms. The van der Waals surface area contributed by atoms with Crippen LogP contribution in [0, 0.1) is 0 Å². The Morgan fingerprint density at radius 3 is 2.07 bits per heavy atom. The first-order chi connectivity index (χ1) is 14.6. The van der Waals surface area contributed by atoms with E-state index >= 15 is 0 Å². The van der Waals surface area contributed by atoms with Gasteiger partial charge in [0, 0.05) is 6.61 Å². The molecule has 0 fully saturated rings. The maximum atomic E-state index is 12.3. The van der Waals surface area contributed by atoms with Crippen molar-refractivity contribution < 1.29 is 19.0 Å². The van der Waals surface area contributed by atoms with Crippen LogP contribution in [-0.2, 0) is 9.47 Å². The van der Waals surface area contributed by atoms with Crippen LogP contribution in [0.5, 0.6) is 5.75 Å². The van der Waals surface area contributed by atoms with Crippen molar-refractivity contribution in [3.8, 4) is 16.9 Å². The van der Waals surface area contributed by atoms with Gasteiger partial charge < -0.3 is 14.2 Å². The second-order valence-corrected chi connectivity index (χ2v) is 7.66. The predicted molar refractivity (Wildman–Crippen MR) is 122 cm³/mol. The molecule has 30 heavy (non-hydrogen) atoms. The molecule has 1 atom stereocenters. The van der Waals surface area contributed by atoms with Crippen LogP contribution in [-0.4, -0.2) is 31.9 Å². The van der Waals surface area contributed by atoms with Gasteiger partial charge in [0.2, 0.25) is 0 Å². The normalized spacial score (nSPS) is 11.8. The molecule has 4 nitrogen and oxygen atoms in total. The van der Waals surface area contributed by atoms with E-state index in [-0.39, 0.29) is 12.1 Å². The third-order valence-corrected chi connectivity index (χ3v) is 4.83. The minimum Gasteiger partial charge on any atom is -0.494 e. The molecule has 0 aliphatic carbocycles. The van der Waals surface area contributed by atoms with Gasteiger partial charge in [-0.3, -0.25) is 0 Å². The average molecular weight is 413 g/mol. The van der Waals surface area contributed by atoms with Crippen molar-refractivity contribution in [1.29, 1.82) is 0 Å². The Labute approximate surface area is 181 Å². The fourth-order valence-electron chi connectivity index (χ4n) is 3.12. The standard InChI is InChI=1S/C26H36O4/c1-4-6-7-8-9-19-29-25-16-14-23(15-17-25)22-10-12-24(13-11-22)26(27)30-21(3)20-28-18-5-2/h10-17,21H,4-9,18-20H2,1-3H3. The zero-order chi connectivity index (χ0) is 21.6. The second-order valence-electron chi connectivity index (χ2n) is 7.66. The van der Waals surface area contributed by atoms with Gasteiger partial charge in [-0.1, -0.05) is 63.8 Å². The molecule has 0 saturated carbocycles. The van der Waals surface area contributed by atoms with Crippen LogP contribution in [0.1, 0.15) is 69.7 Å². The van der Waals surface area contributed by atoms with Crippen molar-refractivity contribution in [3.05, 3.63) is 54.1 Å². The molecule has 2 aromatic carbocycles. The number of carbonyl (C=O) groups is 1. The van der Waals surface area contributed by atoms with Crippen molar-refractivity contribution >= 4 is 5.97 Å². The first kappa shape index (κ1) is 23.9. The molecule has 0 bridgehead atoms. The summed E-state index contributed by atoms with van der Waals surface area (Å²) in [6.07, 6.45) is 6.87. The van der Waals surface area contributed by atoms with Crippen LogP contribution in [0.4, 0.5) is 0 Å². The maximum absolute atomic E-state index is 12.3. The van der Waals surface area contributed by atoms with Gasteiger partial charge in [0.1, 0.15) is 11.9 Å². The van der Waals surface area contributed by atoms with E-state index in [2.05, 4.69) is 6.92 Å². The second kappa shape index (κ2) is 13.8. The van der Waals surface area contributed by atoms with Gasteiger partial charge in [-0.05, 0) is 55.2 Å². The summed E-state index contributed by atoms with van der Waals surface area (Å²) in [4.78, 5) is 12.3. The van der Waals surface area contributed by atoms with Gasteiger partial charge >= 0.3 is 5.97 Å². The molecule has 0 saturated heterocycles. The minimum atomic E-state index is -0.322. The number of esters is 1. The highest BCUT2D eigenvalue weighted by atomic mass is 16.6. The Hall–Kier alpha value is -2.33. The summed E-state index contributed by atoms with van der Waals surface area (Å²) >= 11 is 0. The molecule has 0 aromatic heterocycles. The van der Waals surface area contributed by atoms with Crippen molar-refractivity contribution in [2.24, 2.45) is 0 Å². The summed E-state index contributed by atoms with van der Waals surface area (Å²) in [7, 11) is 0. The first-order valence-corrected chi connectivity index (χ1v) is 11.3. The number of unbranched alkanes of at least 4 members (excludes halogenated alkanes) is 4. The predicted octanol–water partition coefficient (Wildman–Crippen LogP) is 6.67. The third-order valence-electron chi connectivity index (χ3n) is 4.83. The largest absolute Gasteiger partial charge is 0.494 e. The van der Waals surface area contributed by atoms with E-state index in [1.54, 1.807) is 12.1 Å². The number of hydrogen-bond donors (Lipinski definition) is 0. The van der Waals surface area contributed by atoms with Crippen molar-refractivity contribution in [3.63, 3.8) is 0 Å². The van der Waals surface area contributed by atoms with Crippen LogP contribution in [0.15, 0.2) is 48.5 Å². The molecule has 2 aromatic rings. The summed E-state index contributed by atoms with van der Waals surface area (Å²) in [5, 5.41) is 0. The Balaban J connectivity index is 1.81. The van der Waals surface area contributed by atoms with Crippen LogP contribution in [0.25, 0.3) is 11.1 Å². The molecule has 0 radical (unpaired) electrons. The lowest BCUT2D eigenvalue weighted by atomic mass is 10.0. The average Bonchev–Trinajstić information content (AvgIpc) is 2.77. The first-order valence-electron chi connectivity index (χ1n) is 11.3. The van der Waals surface area contributed by atoms with Crippen LogP contribution < -0.4 is 4.74 Å². The third kappa shape index (κ3) is 8.58. The molecule has 0 amide bonds. The monoisotopic (exact) mass is 412 g/mol. The maximum Gasteiger partial charge on any atom is 0.338 e. The van der Waals surface area contributed by atoms with Crippen LogP contribution >= 0.6 is 0 Å². The fourth-order valence-corrected chi connectivity index (χ4v) is 3.12. The number of ether oxygens (including phenoxy) is 3. The highest BCUT2D eigenvalue weighted by molar-refractivity contribution is 5.90. The molecule has 0 N–H and O–H groups in total. The van der Waals surface area contributed by atoms with Gasteiger partial charge in [-0.25, -0.2) is 4.79 Å². The molecule has 0 aliphatic rings. The topological polar surface area (TPSA) is 44.8 Å². The van der Waals surface area contributed by atoms with E-state index in [4.69, 9.17) is 14.2 Å². The van der Waals surface area contributed by atoms with Crippen molar-refractivity contribution in [2.75, 3.05) is 19.8 Å². The minimum absolute atomic E-state index is 0.261. The lowest BCUT2D eigenvalue weighted by molar-refractivity contribution is 0.00226. The summed E-state index contributed by atoms with van der Waals surface area (Å²) in [6, 6.07) is 15.6. The van der Waals surface area contributed by atoms with Crippen molar-refractivity contribution in [2.45, 2.75) is 65.4 Å². The van der Waals surface area contributed by atoms with Gasteiger partial charge in [-0.2, -0.15) is 0 Å². The van der Waals surface area contributed by atoms with E-state index in [0.29, 0.717) is 18.8 Å². The molecular weight excluding hydrogens is 376 g/mol. The van der Waals surface area contributed by atoms with Crippen molar-refractivity contribution in [1.82, 2.24) is 0 Å². The molecular formula is C26H36O4. The molecule has 164 valence electrons. The van der Waals surface area contributed by atoms with E-state index in [0.717, 1.165) is 36.3 Å². The molecule has 0 aliphatic heterocycles. The Bertz CT molecular complexity index is 722. The van der Waals surface area contributed by atoms with Gasteiger partial charge in [0.25, 0.3) is 0 Å². The summed E-state index contributed by atoms with van der Waals surface area (Å²) in [5.74, 6) is 0.575. The summed E-state index contributed by atoms with van der Waals surface area (Å²) in [5.41, 5.74) is 2.69. The van der Waals surface area contributed by atoms with Gasteiger partial charge in [0.15, 0.2) is 0 Å². The van der Waals surface area contributed by atoms with E-state index in [9.17, 15) is 4.79 Å². The van der Waals surface area contributed by atoms with E-state index < -0.39 is 0 Å². The number of benzene rings is 2. The summed E-state index contributed by atoms with van der Waals surface area (Å²) < 4.78 is 16.7. The number of rotatable bonds is 14. The lowest BCUT2D eigenvalue weighted by Gasteiger charge is -2.13. The summed E-state index contributed by atoms with van der Waals surface area (Å²) in [6.45, 7) is 7.99. The smallest absolute Gasteiger partial charge is 0.338 e. The molecule has 2 rings (SSSR count). The van der Waals surface area contributed by atoms with Gasteiger partial charge in [0.05, 0.1) is 18.8 Å². The highest BCUT2D eigenvalue weighted by Gasteiger charge is 2.12. The van der Waals surface area contributed by atoms with E-state index in [1.165, 1.54) is 25.7 Å². The van der Waals surface area contributed by atoms with Crippen LogP contribution in [0.3, 0.4) is 0 Å². The number of hydrogen-bond acceptors (Lipinski definition) is 4. The highest BCUT2D eigenvalue weighted by Crippen LogP contribution is 2.23. The quantitative estimate of drug-likeness (QED) is 0.257. The van der Waals surface area contributed by atoms with Crippen LogP contribution in [0.2, 0.25) is 0 Å². The SMILES string of the molecule is CCCCCCCOc1ccc(-c2ccc(C(=O)OC(C)COCCC)cc2)cc1. The molecule has 0 heterocycles. The number of carbonyl (C=O) groups excluding carboxylic acids is 1. The Morgan fingerprint density at radius 2 is 1.43 bits per heavy atom. The Kier molecular flexibility index (Phi) is 11.0. The molecule has 4 heteroatoms. The fraction of sp³-hybridized carbons (Fsp3) is 0.500. The van der Waals surface area contributed by atoms with E-state index in [1.807, 2.05) is 50.2 Å². The lowest BCUT2D eigenvalue weighted by Crippen LogP contribution is -2.20.